The van der Waals surface area contributed by atoms with Gasteiger partial charge in [0.15, 0.2) is 5.82 Å². The quantitative estimate of drug-likeness (QED) is 0.880. The van der Waals surface area contributed by atoms with Crippen LogP contribution in [-0.2, 0) is 0 Å². The fraction of sp³-hybridized carbons (Fsp3) is 0.400. The van der Waals surface area contributed by atoms with Crippen LogP contribution in [0, 0.1) is 0 Å². The Morgan fingerprint density at radius 1 is 1.38 bits per heavy atom. The van der Waals surface area contributed by atoms with Crippen LogP contribution in [0.15, 0.2) is 29.3 Å². The summed E-state index contributed by atoms with van der Waals surface area (Å²) in [7, 11) is 0. The smallest absolute Gasteiger partial charge is 0.272 e. The number of rotatable bonds is 3. The molecule has 1 aliphatic heterocycles. The highest BCUT2D eigenvalue weighted by Crippen LogP contribution is 2.27. The fourth-order valence-electron chi connectivity index (χ4n) is 2.58. The Balaban J connectivity index is 1.98. The first-order valence-corrected chi connectivity index (χ1v) is 7.80. The Bertz CT molecular complexity index is 778. The van der Waals surface area contributed by atoms with Crippen LogP contribution in [0.25, 0.3) is 11.4 Å². The second-order valence-corrected chi connectivity index (χ2v) is 6.07. The summed E-state index contributed by atoms with van der Waals surface area (Å²) in [6, 6.07) is 2.35. The SMILES string of the molecule is CC(F)(F)C1CN(c2nc(-c3ccncc3)[nH]c(=O)c2Cl)CCN1. The summed E-state index contributed by atoms with van der Waals surface area (Å²) >= 11 is 6.08. The van der Waals surface area contributed by atoms with Crippen LogP contribution in [0.3, 0.4) is 0 Å². The van der Waals surface area contributed by atoms with Crippen LogP contribution in [0.4, 0.5) is 14.6 Å². The number of anilines is 1. The second-order valence-electron chi connectivity index (χ2n) is 5.70. The van der Waals surface area contributed by atoms with Gasteiger partial charge in [-0.05, 0) is 12.1 Å². The number of nitrogens with zero attached hydrogens (tertiary/aromatic N) is 3. The van der Waals surface area contributed by atoms with E-state index >= 15 is 0 Å². The molecule has 6 nitrogen and oxygen atoms in total. The van der Waals surface area contributed by atoms with E-state index in [-0.39, 0.29) is 17.4 Å². The van der Waals surface area contributed by atoms with E-state index in [1.54, 1.807) is 29.4 Å². The maximum atomic E-state index is 13.6. The van der Waals surface area contributed by atoms with E-state index in [4.69, 9.17) is 11.6 Å². The molecule has 0 amide bonds. The Labute approximate surface area is 141 Å². The van der Waals surface area contributed by atoms with E-state index in [1.807, 2.05) is 0 Å². The molecule has 0 spiro atoms. The Morgan fingerprint density at radius 2 is 2.08 bits per heavy atom. The highest BCUT2D eigenvalue weighted by molar-refractivity contribution is 6.32. The first-order valence-electron chi connectivity index (χ1n) is 7.42. The van der Waals surface area contributed by atoms with E-state index in [9.17, 15) is 13.6 Å². The molecule has 0 bridgehead atoms. The number of alkyl halides is 2. The lowest BCUT2D eigenvalue weighted by atomic mass is 10.1. The van der Waals surface area contributed by atoms with Crippen LogP contribution >= 0.6 is 11.6 Å². The van der Waals surface area contributed by atoms with Crippen molar-refractivity contribution in [2.45, 2.75) is 18.9 Å². The summed E-state index contributed by atoms with van der Waals surface area (Å²) in [6.07, 6.45) is 3.14. The molecule has 0 saturated carbocycles. The number of nitrogens with one attached hydrogen (secondary N) is 2. The van der Waals surface area contributed by atoms with Crippen molar-refractivity contribution < 1.29 is 8.78 Å². The molecule has 0 radical (unpaired) electrons. The van der Waals surface area contributed by atoms with E-state index in [1.165, 1.54) is 0 Å². The van der Waals surface area contributed by atoms with Gasteiger partial charge in [-0.1, -0.05) is 11.6 Å². The molecule has 0 aliphatic carbocycles. The molecule has 2 aromatic heterocycles. The molecule has 3 heterocycles. The third kappa shape index (κ3) is 3.39. The largest absolute Gasteiger partial charge is 0.352 e. The van der Waals surface area contributed by atoms with Crippen molar-refractivity contribution in [1.82, 2.24) is 20.3 Å². The molecule has 2 N–H and O–H groups in total. The van der Waals surface area contributed by atoms with Gasteiger partial charge < -0.3 is 15.2 Å². The highest BCUT2D eigenvalue weighted by Gasteiger charge is 2.38. The highest BCUT2D eigenvalue weighted by atomic mass is 35.5. The minimum Gasteiger partial charge on any atom is -0.352 e. The summed E-state index contributed by atoms with van der Waals surface area (Å²) in [5, 5.41) is 2.68. The van der Waals surface area contributed by atoms with E-state index < -0.39 is 17.5 Å². The average Bonchev–Trinajstić information content (AvgIpc) is 2.57. The summed E-state index contributed by atoms with van der Waals surface area (Å²) in [4.78, 5) is 24.6. The molecule has 3 rings (SSSR count). The zero-order valence-corrected chi connectivity index (χ0v) is 13.6. The van der Waals surface area contributed by atoms with Gasteiger partial charge in [0, 0.05) is 44.5 Å². The van der Waals surface area contributed by atoms with Crippen molar-refractivity contribution in [3.8, 4) is 11.4 Å². The Hall–Kier alpha value is -2.06. The topological polar surface area (TPSA) is 73.9 Å². The van der Waals surface area contributed by atoms with Crippen molar-refractivity contribution in [3.63, 3.8) is 0 Å². The van der Waals surface area contributed by atoms with Crippen molar-refractivity contribution in [2.75, 3.05) is 24.5 Å². The summed E-state index contributed by atoms with van der Waals surface area (Å²) in [5.41, 5.74) is 0.152. The third-order valence-electron chi connectivity index (χ3n) is 3.89. The molecule has 1 aliphatic rings. The van der Waals surface area contributed by atoms with Gasteiger partial charge in [0.25, 0.3) is 11.5 Å². The lowest BCUT2D eigenvalue weighted by Crippen LogP contribution is -2.57. The van der Waals surface area contributed by atoms with Crippen molar-refractivity contribution in [1.29, 1.82) is 0 Å². The summed E-state index contributed by atoms with van der Waals surface area (Å²) in [5.74, 6) is -2.36. The summed E-state index contributed by atoms with van der Waals surface area (Å²) in [6.45, 7) is 1.65. The molecule has 1 saturated heterocycles. The minimum atomic E-state index is -2.89. The molecule has 1 fully saturated rings. The maximum Gasteiger partial charge on any atom is 0.272 e. The number of H-pyrrole nitrogens is 1. The van der Waals surface area contributed by atoms with E-state index in [0.29, 0.717) is 24.5 Å². The number of hydrogen-bond donors (Lipinski definition) is 2. The molecule has 24 heavy (non-hydrogen) atoms. The number of hydrogen-bond acceptors (Lipinski definition) is 5. The first-order chi connectivity index (χ1) is 11.4. The number of aromatic nitrogens is 3. The maximum absolute atomic E-state index is 13.6. The van der Waals surface area contributed by atoms with Gasteiger partial charge in [-0.25, -0.2) is 13.8 Å². The lowest BCUT2D eigenvalue weighted by molar-refractivity contribution is -0.0188. The molecule has 1 atom stereocenters. The van der Waals surface area contributed by atoms with Crippen LogP contribution in [0.2, 0.25) is 5.02 Å². The van der Waals surface area contributed by atoms with Crippen LogP contribution < -0.4 is 15.8 Å². The van der Waals surface area contributed by atoms with Crippen molar-refractivity contribution in [2.24, 2.45) is 0 Å². The molecule has 128 valence electrons. The molecule has 9 heteroatoms. The van der Waals surface area contributed by atoms with Gasteiger partial charge in [-0.2, -0.15) is 0 Å². The number of halogens is 3. The van der Waals surface area contributed by atoms with Gasteiger partial charge in [0.05, 0.1) is 6.04 Å². The fourth-order valence-corrected chi connectivity index (χ4v) is 2.79. The molecule has 0 aromatic carbocycles. The third-order valence-corrected chi connectivity index (χ3v) is 4.23. The van der Waals surface area contributed by atoms with Crippen LogP contribution in [0.1, 0.15) is 6.92 Å². The van der Waals surface area contributed by atoms with Gasteiger partial charge in [0.1, 0.15) is 10.8 Å². The van der Waals surface area contributed by atoms with Gasteiger partial charge in [-0.3, -0.25) is 9.78 Å². The normalized spacial score (nSPS) is 18.7. The van der Waals surface area contributed by atoms with Crippen molar-refractivity contribution >= 4 is 17.4 Å². The number of aromatic amines is 1. The zero-order chi connectivity index (χ0) is 17.3. The molecular weight excluding hydrogens is 340 g/mol. The number of piperazine rings is 1. The summed E-state index contributed by atoms with van der Waals surface area (Å²) < 4.78 is 27.2. The standard InChI is InChI=1S/C15H16ClF2N5O/c1-15(17,18)10-8-23(7-6-20-10)13-11(16)14(24)22-12(21-13)9-2-4-19-5-3-9/h2-5,10,20H,6-8H2,1H3,(H,21,22,24). The Morgan fingerprint density at radius 3 is 2.75 bits per heavy atom. The predicted molar refractivity (Wildman–Crippen MR) is 87.7 cm³/mol. The molecule has 2 aromatic rings. The lowest BCUT2D eigenvalue weighted by Gasteiger charge is -2.37. The predicted octanol–water partition coefficient (Wildman–Crippen LogP) is 1.92. The minimum absolute atomic E-state index is 0.00938. The average molecular weight is 356 g/mol. The van der Waals surface area contributed by atoms with E-state index in [0.717, 1.165) is 6.92 Å². The number of pyridine rings is 1. The first kappa shape index (κ1) is 16.8. The monoisotopic (exact) mass is 355 g/mol. The van der Waals surface area contributed by atoms with Gasteiger partial charge in [0.2, 0.25) is 0 Å². The Kier molecular flexibility index (Phi) is 4.51. The molecular formula is C15H16ClF2N5O. The second kappa shape index (κ2) is 6.45. The molecule has 1 unspecified atom stereocenters. The van der Waals surface area contributed by atoms with Gasteiger partial charge in [-0.15, -0.1) is 0 Å². The van der Waals surface area contributed by atoms with Crippen LogP contribution in [0.5, 0.6) is 0 Å². The van der Waals surface area contributed by atoms with Crippen LogP contribution in [-0.4, -0.2) is 46.6 Å². The zero-order valence-electron chi connectivity index (χ0n) is 12.9. The van der Waals surface area contributed by atoms with Gasteiger partial charge >= 0.3 is 0 Å². The van der Waals surface area contributed by atoms with E-state index in [2.05, 4.69) is 20.3 Å². The van der Waals surface area contributed by atoms with Crippen molar-refractivity contribution in [3.05, 3.63) is 39.9 Å².